The van der Waals surface area contributed by atoms with Gasteiger partial charge in [0.2, 0.25) is 0 Å². The molecule has 0 bridgehead atoms. The van der Waals surface area contributed by atoms with Crippen molar-refractivity contribution < 1.29 is 29.1 Å². The molecule has 0 amide bonds. The lowest BCUT2D eigenvalue weighted by atomic mass is 10.1. The van der Waals surface area contributed by atoms with Crippen LogP contribution in [0, 0.1) is 0 Å². The average Bonchev–Trinajstić information content (AvgIpc) is 2.85. The number of hydrogen-bond donors (Lipinski definition) is 3. The second-order valence-corrected chi connectivity index (χ2v) is 9.48. The maximum absolute atomic E-state index is 9.00. The Morgan fingerprint density at radius 2 is 1.38 bits per heavy atom. The van der Waals surface area contributed by atoms with Crippen molar-refractivity contribution in [3.63, 3.8) is 0 Å². The fourth-order valence-corrected chi connectivity index (χ4v) is 3.82. The quantitative estimate of drug-likeness (QED) is 0.143. The molecule has 2 aromatic heterocycles. The molecule has 6 nitrogen and oxygen atoms in total. The van der Waals surface area contributed by atoms with Gasteiger partial charge in [0, 0.05) is 56.4 Å². The van der Waals surface area contributed by atoms with E-state index in [1.807, 2.05) is 12.3 Å². The highest BCUT2D eigenvalue weighted by Gasteiger charge is 2.09. The first-order chi connectivity index (χ1) is 16.5. The van der Waals surface area contributed by atoms with E-state index in [0.29, 0.717) is 6.61 Å². The number of rotatable bonds is 17. The van der Waals surface area contributed by atoms with Crippen LogP contribution in [0.3, 0.4) is 0 Å². The third-order valence-electron chi connectivity index (χ3n) is 5.97. The van der Waals surface area contributed by atoms with E-state index in [0.717, 1.165) is 43.4 Å². The molecular weight excluding hydrogens is 424 g/mol. The van der Waals surface area contributed by atoms with Gasteiger partial charge in [0.1, 0.15) is 6.54 Å². The van der Waals surface area contributed by atoms with Crippen LogP contribution < -0.4 is 14.5 Å². The van der Waals surface area contributed by atoms with Gasteiger partial charge in [0.25, 0.3) is 0 Å². The fourth-order valence-electron chi connectivity index (χ4n) is 3.82. The van der Waals surface area contributed by atoms with Crippen LogP contribution in [-0.2, 0) is 6.54 Å². The summed E-state index contributed by atoms with van der Waals surface area (Å²) in [5, 5.41) is 20.2. The molecule has 0 saturated carbocycles. The standard InChI is InChI=1S/C28H45N4O2/c1-32(2,24-10-26-34)23-8-7-18-31-21-13-28(14-22-31)27-11-19-30(20-12-27)17-6-3-4-15-29-16-5-9-25-33/h7-8,11-14,18-23,29,33-34H,3-6,9-10,15-17,24-26H2,1-2H3/q+3/p+1/b18-7+,23-8+. The van der Waals surface area contributed by atoms with Crippen LogP contribution in [0.5, 0.6) is 0 Å². The Hall–Kier alpha value is -2.38. The zero-order chi connectivity index (χ0) is 24.5. The highest BCUT2D eigenvalue weighted by Crippen LogP contribution is 2.15. The third kappa shape index (κ3) is 11.7. The maximum Gasteiger partial charge on any atom is 0.175 e. The summed E-state index contributed by atoms with van der Waals surface area (Å²) in [4.78, 5) is 0. The Morgan fingerprint density at radius 1 is 0.765 bits per heavy atom. The number of unbranched alkanes of at least 4 members (excludes halogenated alkanes) is 3. The van der Waals surface area contributed by atoms with Gasteiger partial charge >= 0.3 is 0 Å². The van der Waals surface area contributed by atoms with Crippen molar-refractivity contribution >= 4 is 6.20 Å². The number of quaternary nitrogens is 2. The Balaban J connectivity index is 1.73. The van der Waals surface area contributed by atoms with Crippen molar-refractivity contribution in [3.8, 4) is 11.1 Å². The smallest absolute Gasteiger partial charge is 0.175 e. The first-order valence-electron chi connectivity index (χ1n) is 12.8. The van der Waals surface area contributed by atoms with Crippen molar-refractivity contribution in [2.45, 2.75) is 45.1 Å². The molecule has 2 aromatic rings. The SMILES string of the molecule is C[N+](C)(/C=C/C=C/[n+]1ccc(-c2cc[n+](CCCCC[NH2+]CCCCO)cc2)cc1)CCCO. The predicted octanol–water partition coefficient (Wildman–Crippen LogP) is 1.88. The Bertz CT molecular complexity index is 846. The average molecular weight is 471 g/mol. The highest BCUT2D eigenvalue weighted by atomic mass is 16.3. The van der Waals surface area contributed by atoms with Gasteiger partial charge < -0.3 is 20.0 Å². The molecule has 2 heterocycles. The largest absolute Gasteiger partial charge is 0.396 e. The molecule has 0 spiro atoms. The van der Waals surface area contributed by atoms with Crippen LogP contribution in [-0.4, -0.2) is 61.6 Å². The monoisotopic (exact) mass is 470 g/mol. The fraction of sp³-hybridized carbons (Fsp3) is 0.500. The maximum atomic E-state index is 9.00. The topological polar surface area (TPSA) is 64.8 Å². The van der Waals surface area contributed by atoms with Gasteiger partial charge in [-0.1, -0.05) is 0 Å². The number of aryl methyl sites for hydroxylation is 1. The predicted molar refractivity (Wildman–Crippen MR) is 137 cm³/mol. The van der Waals surface area contributed by atoms with Crippen molar-refractivity contribution in [3.05, 3.63) is 67.4 Å². The number of nitrogens with two attached hydrogens (primary N) is 1. The molecule has 0 unspecified atom stereocenters. The van der Waals surface area contributed by atoms with Gasteiger partial charge in [-0.3, -0.25) is 0 Å². The Labute approximate surface area is 206 Å². The lowest BCUT2D eigenvalue weighted by Gasteiger charge is -2.24. The molecule has 0 aliphatic rings. The van der Waals surface area contributed by atoms with Crippen molar-refractivity contribution in [2.24, 2.45) is 0 Å². The zero-order valence-electron chi connectivity index (χ0n) is 21.2. The van der Waals surface area contributed by atoms with E-state index in [2.05, 4.69) is 89.9 Å². The van der Waals surface area contributed by atoms with E-state index < -0.39 is 0 Å². The summed E-state index contributed by atoms with van der Waals surface area (Å²) in [6, 6.07) is 8.68. The van der Waals surface area contributed by atoms with Gasteiger partial charge in [-0.15, -0.1) is 0 Å². The van der Waals surface area contributed by atoms with Crippen LogP contribution in [0.1, 0.15) is 38.5 Å². The summed E-state index contributed by atoms with van der Waals surface area (Å²) in [6.45, 7) is 4.86. The van der Waals surface area contributed by atoms with Crippen molar-refractivity contribution in [1.82, 2.24) is 0 Å². The second-order valence-electron chi connectivity index (χ2n) is 9.48. The molecule has 0 aliphatic heterocycles. The Morgan fingerprint density at radius 3 is 2.03 bits per heavy atom. The van der Waals surface area contributed by atoms with Gasteiger partial charge in [-0.25, -0.2) is 4.57 Å². The summed E-state index contributed by atoms with van der Waals surface area (Å²) in [6.07, 6.45) is 23.4. The summed E-state index contributed by atoms with van der Waals surface area (Å²) in [5.41, 5.74) is 2.44. The molecule has 34 heavy (non-hydrogen) atoms. The zero-order valence-corrected chi connectivity index (χ0v) is 21.2. The van der Waals surface area contributed by atoms with E-state index in [9.17, 15) is 0 Å². The van der Waals surface area contributed by atoms with Crippen molar-refractivity contribution in [2.75, 3.05) is 46.9 Å². The molecule has 2 rings (SSSR count). The van der Waals surface area contributed by atoms with Crippen LogP contribution in [0.15, 0.2) is 67.4 Å². The van der Waals surface area contributed by atoms with E-state index in [-0.39, 0.29) is 6.61 Å². The van der Waals surface area contributed by atoms with Crippen molar-refractivity contribution in [1.29, 1.82) is 0 Å². The molecule has 0 radical (unpaired) electrons. The minimum atomic E-state index is 0.238. The van der Waals surface area contributed by atoms with Crippen LogP contribution in [0.4, 0.5) is 0 Å². The van der Waals surface area contributed by atoms with Gasteiger partial charge in [0.15, 0.2) is 31.0 Å². The van der Waals surface area contributed by atoms with E-state index in [1.165, 1.54) is 36.9 Å². The van der Waals surface area contributed by atoms with Crippen LogP contribution in [0.25, 0.3) is 17.3 Å². The first kappa shape index (κ1) is 27.9. The molecule has 186 valence electrons. The molecule has 6 heteroatoms. The van der Waals surface area contributed by atoms with E-state index in [1.54, 1.807) is 0 Å². The minimum absolute atomic E-state index is 0.238. The van der Waals surface area contributed by atoms with Gasteiger partial charge in [-0.2, -0.15) is 4.57 Å². The summed E-state index contributed by atoms with van der Waals surface area (Å²) < 4.78 is 5.08. The second kappa shape index (κ2) is 16.3. The molecular formula is C28H46N4O2+4. The molecule has 4 N–H and O–H groups in total. The van der Waals surface area contributed by atoms with Crippen LogP contribution >= 0.6 is 0 Å². The summed E-state index contributed by atoms with van der Waals surface area (Å²) in [7, 11) is 4.27. The third-order valence-corrected chi connectivity index (χ3v) is 5.97. The molecule has 0 saturated heterocycles. The molecule has 0 atom stereocenters. The van der Waals surface area contributed by atoms with E-state index >= 15 is 0 Å². The Kier molecular flexibility index (Phi) is 13.3. The number of pyridine rings is 2. The van der Waals surface area contributed by atoms with Crippen LogP contribution in [0.2, 0.25) is 0 Å². The normalized spacial score (nSPS) is 12.2. The molecule has 0 fully saturated rings. The van der Waals surface area contributed by atoms with Gasteiger partial charge in [-0.05, 0) is 42.9 Å². The van der Waals surface area contributed by atoms with E-state index in [4.69, 9.17) is 10.2 Å². The number of hydrogen-bond acceptors (Lipinski definition) is 2. The number of aliphatic hydroxyl groups is 2. The lowest BCUT2D eigenvalue weighted by Crippen LogP contribution is -2.84. The minimum Gasteiger partial charge on any atom is -0.396 e. The number of allylic oxidation sites excluding steroid dienone is 2. The lowest BCUT2D eigenvalue weighted by molar-refractivity contribution is -0.839. The van der Waals surface area contributed by atoms with Gasteiger partial charge in [0.05, 0.1) is 39.9 Å². The first-order valence-corrected chi connectivity index (χ1v) is 12.8. The summed E-state index contributed by atoms with van der Waals surface area (Å²) in [5.74, 6) is 0. The highest BCUT2D eigenvalue weighted by molar-refractivity contribution is 5.61. The number of aliphatic hydroxyl groups excluding tert-OH is 2. The number of nitrogens with zero attached hydrogens (tertiary/aromatic N) is 3. The summed E-state index contributed by atoms with van der Waals surface area (Å²) >= 11 is 0. The number of aromatic nitrogens is 2. The molecule has 0 aromatic carbocycles. The molecule has 0 aliphatic carbocycles.